The summed E-state index contributed by atoms with van der Waals surface area (Å²) in [6, 6.07) is 9.70. The van der Waals surface area contributed by atoms with Crippen molar-refractivity contribution in [1.29, 1.82) is 0 Å². The molecule has 1 aliphatic heterocycles. The topological polar surface area (TPSA) is 80.2 Å². The Kier molecular flexibility index (Phi) is 3.99. The Balaban J connectivity index is 1.70. The van der Waals surface area contributed by atoms with Gasteiger partial charge in [-0.1, -0.05) is 12.1 Å². The van der Waals surface area contributed by atoms with E-state index in [1.807, 2.05) is 37.4 Å². The zero-order chi connectivity index (χ0) is 17.2. The normalized spacial score (nSPS) is 14.8. The van der Waals surface area contributed by atoms with Crippen molar-refractivity contribution in [2.24, 2.45) is 0 Å². The summed E-state index contributed by atoms with van der Waals surface area (Å²) in [6.07, 6.45) is 3.32. The molecule has 1 amide bonds. The molecule has 2 aromatic heterocycles. The van der Waals surface area contributed by atoms with Crippen molar-refractivity contribution >= 4 is 28.4 Å². The van der Waals surface area contributed by atoms with Crippen molar-refractivity contribution in [3.8, 4) is 11.3 Å². The van der Waals surface area contributed by atoms with Gasteiger partial charge in [0.1, 0.15) is 12.1 Å². The Morgan fingerprint density at radius 2 is 1.96 bits per heavy atom. The number of hydrogen-bond acceptors (Lipinski definition) is 6. The molecule has 126 valence electrons. The van der Waals surface area contributed by atoms with Gasteiger partial charge < -0.3 is 15.0 Å². The number of carbonyl (C=O) groups is 1. The van der Waals surface area contributed by atoms with E-state index >= 15 is 0 Å². The lowest BCUT2D eigenvalue weighted by atomic mass is 10.1. The molecular formula is C18H17N5O2. The summed E-state index contributed by atoms with van der Waals surface area (Å²) < 4.78 is 5.17. The smallest absolute Gasteiger partial charge is 0.253 e. The van der Waals surface area contributed by atoms with Crippen LogP contribution in [0.25, 0.3) is 22.3 Å². The fourth-order valence-electron chi connectivity index (χ4n) is 2.90. The third-order valence-corrected chi connectivity index (χ3v) is 4.15. The third-order valence-electron chi connectivity index (χ3n) is 4.15. The second kappa shape index (κ2) is 6.45. The fraction of sp³-hybridized carbons (Fsp3) is 0.222. The Labute approximate surface area is 144 Å². The molecule has 7 nitrogen and oxygen atoms in total. The molecular weight excluding hydrogens is 318 g/mol. The van der Waals surface area contributed by atoms with Crippen LogP contribution in [0, 0.1) is 0 Å². The number of rotatable bonds is 3. The SMILES string of the molecule is CNc1nc(-c2ccc(N3CCOCC3=O)cc2)cc2nccnc12. The van der Waals surface area contributed by atoms with Crippen LogP contribution in [0.2, 0.25) is 0 Å². The lowest BCUT2D eigenvalue weighted by Crippen LogP contribution is -2.41. The van der Waals surface area contributed by atoms with Gasteiger partial charge in [-0.25, -0.2) is 9.97 Å². The molecule has 0 aliphatic carbocycles. The Bertz CT molecular complexity index is 926. The van der Waals surface area contributed by atoms with Gasteiger partial charge in [0.25, 0.3) is 5.91 Å². The van der Waals surface area contributed by atoms with Crippen molar-refractivity contribution in [3.63, 3.8) is 0 Å². The zero-order valence-electron chi connectivity index (χ0n) is 13.8. The molecule has 3 heterocycles. The monoisotopic (exact) mass is 335 g/mol. The summed E-state index contributed by atoms with van der Waals surface area (Å²) in [5.41, 5.74) is 4.14. The number of nitrogens with zero attached hydrogens (tertiary/aromatic N) is 4. The van der Waals surface area contributed by atoms with Gasteiger partial charge in [-0.3, -0.25) is 9.78 Å². The number of pyridine rings is 1. The van der Waals surface area contributed by atoms with Crippen molar-refractivity contribution in [2.75, 3.05) is 37.0 Å². The van der Waals surface area contributed by atoms with Crippen LogP contribution in [-0.2, 0) is 9.53 Å². The van der Waals surface area contributed by atoms with E-state index in [-0.39, 0.29) is 12.5 Å². The van der Waals surface area contributed by atoms with Gasteiger partial charge in [-0.2, -0.15) is 0 Å². The molecule has 0 bridgehead atoms. The highest BCUT2D eigenvalue weighted by Crippen LogP contribution is 2.27. The summed E-state index contributed by atoms with van der Waals surface area (Å²) in [6.45, 7) is 1.27. The Morgan fingerprint density at radius 3 is 2.72 bits per heavy atom. The maximum atomic E-state index is 11.9. The maximum Gasteiger partial charge on any atom is 0.253 e. The molecule has 0 radical (unpaired) electrons. The standard InChI is InChI=1S/C18H17N5O2/c1-19-18-17-15(20-6-7-21-17)10-14(22-18)12-2-4-13(5-3-12)23-8-9-25-11-16(23)24/h2-7,10H,8-9,11H2,1H3,(H,19,22). The predicted molar refractivity (Wildman–Crippen MR) is 95.5 cm³/mol. The summed E-state index contributed by atoms with van der Waals surface area (Å²) >= 11 is 0. The summed E-state index contributed by atoms with van der Waals surface area (Å²) in [4.78, 5) is 27.0. The van der Waals surface area contributed by atoms with Crippen molar-refractivity contribution in [2.45, 2.75) is 0 Å². The zero-order valence-corrected chi connectivity index (χ0v) is 13.8. The number of aromatic nitrogens is 3. The van der Waals surface area contributed by atoms with Crippen molar-refractivity contribution < 1.29 is 9.53 Å². The molecule has 0 unspecified atom stereocenters. The summed E-state index contributed by atoms with van der Waals surface area (Å²) in [5, 5.41) is 3.07. The van der Waals surface area contributed by atoms with Gasteiger partial charge in [-0.05, 0) is 18.2 Å². The molecule has 1 saturated heterocycles. The van der Waals surface area contributed by atoms with Crippen LogP contribution in [0.1, 0.15) is 0 Å². The number of nitrogens with one attached hydrogen (secondary N) is 1. The van der Waals surface area contributed by atoms with Gasteiger partial charge in [0.2, 0.25) is 0 Å². The van der Waals surface area contributed by atoms with Crippen LogP contribution >= 0.6 is 0 Å². The number of ether oxygens (including phenoxy) is 1. The first-order valence-corrected chi connectivity index (χ1v) is 8.04. The third kappa shape index (κ3) is 2.89. The molecule has 1 fully saturated rings. The fourth-order valence-corrected chi connectivity index (χ4v) is 2.90. The van der Waals surface area contributed by atoms with Gasteiger partial charge in [-0.15, -0.1) is 0 Å². The molecule has 1 aromatic carbocycles. The molecule has 0 spiro atoms. The van der Waals surface area contributed by atoms with Gasteiger partial charge in [0.15, 0.2) is 5.82 Å². The quantitative estimate of drug-likeness (QED) is 0.789. The minimum atomic E-state index is -0.0180. The van der Waals surface area contributed by atoms with E-state index < -0.39 is 0 Å². The molecule has 0 saturated carbocycles. The van der Waals surface area contributed by atoms with E-state index in [4.69, 9.17) is 4.74 Å². The minimum absolute atomic E-state index is 0.0180. The first kappa shape index (κ1) is 15.5. The lowest BCUT2D eigenvalue weighted by molar-refractivity contribution is -0.125. The number of carbonyl (C=O) groups excluding carboxylic acids is 1. The van der Waals surface area contributed by atoms with E-state index in [1.165, 1.54) is 0 Å². The number of anilines is 2. The van der Waals surface area contributed by atoms with E-state index in [1.54, 1.807) is 17.3 Å². The number of fused-ring (bicyclic) bond motifs is 1. The van der Waals surface area contributed by atoms with E-state index in [0.717, 1.165) is 28.0 Å². The average molecular weight is 335 g/mol. The van der Waals surface area contributed by atoms with Gasteiger partial charge in [0.05, 0.1) is 17.8 Å². The Morgan fingerprint density at radius 1 is 1.16 bits per heavy atom. The molecule has 1 N–H and O–H groups in total. The van der Waals surface area contributed by atoms with Crippen LogP contribution in [0.15, 0.2) is 42.7 Å². The maximum absolute atomic E-state index is 11.9. The second-order valence-electron chi connectivity index (χ2n) is 5.68. The molecule has 0 atom stereocenters. The van der Waals surface area contributed by atoms with Crippen LogP contribution in [0.4, 0.5) is 11.5 Å². The predicted octanol–water partition coefficient (Wildman–Crippen LogP) is 2.10. The molecule has 7 heteroatoms. The lowest BCUT2D eigenvalue weighted by Gasteiger charge is -2.26. The van der Waals surface area contributed by atoms with Gasteiger partial charge in [0, 0.05) is 37.2 Å². The number of amides is 1. The largest absolute Gasteiger partial charge is 0.371 e. The van der Waals surface area contributed by atoms with E-state index in [9.17, 15) is 4.79 Å². The molecule has 1 aliphatic rings. The Hall–Kier alpha value is -3.06. The number of benzene rings is 1. The summed E-state index contributed by atoms with van der Waals surface area (Å²) in [5.74, 6) is 0.670. The van der Waals surface area contributed by atoms with E-state index in [2.05, 4.69) is 20.3 Å². The minimum Gasteiger partial charge on any atom is -0.371 e. The average Bonchev–Trinajstić information content (AvgIpc) is 2.67. The van der Waals surface area contributed by atoms with Crippen LogP contribution < -0.4 is 10.2 Å². The summed E-state index contributed by atoms with van der Waals surface area (Å²) in [7, 11) is 1.81. The first-order chi connectivity index (χ1) is 12.3. The second-order valence-corrected chi connectivity index (χ2v) is 5.68. The molecule has 3 aromatic rings. The highest BCUT2D eigenvalue weighted by Gasteiger charge is 2.20. The van der Waals surface area contributed by atoms with Crippen LogP contribution in [0.3, 0.4) is 0 Å². The van der Waals surface area contributed by atoms with Gasteiger partial charge >= 0.3 is 0 Å². The van der Waals surface area contributed by atoms with Crippen LogP contribution in [0.5, 0.6) is 0 Å². The van der Waals surface area contributed by atoms with Crippen molar-refractivity contribution in [1.82, 2.24) is 15.0 Å². The number of hydrogen-bond donors (Lipinski definition) is 1. The molecule has 4 rings (SSSR count). The first-order valence-electron chi connectivity index (χ1n) is 8.04. The highest BCUT2D eigenvalue weighted by atomic mass is 16.5. The van der Waals surface area contributed by atoms with Crippen LogP contribution in [-0.4, -0.2) is 47.7 Å². The van der Waals surface area contributed by atoms with E-state index in [0.29, 0.717) is 19.0 Å². The number of morpholine rings is 1. The van der Waals surface area contributed by atoms with Crippen molar-refractivity contribution in [3.05, 3.63) is 42.7 Å². The highest BCUT2D eigenvalue weighted by molar-refractivity contribution is 5.95. The molecule has 25 heavy (non-hydrogen) atoms.